The van der Waals surface area contributed by atoms with E-state index in [2.05, 4.69) is 10.3 Å². The first-order valence-electron chi connectivity index (χ1n) is 10.5. The number of hydrogen-bond acceptors (Lipinski definition) is 3. The quantitative estimate of drug-likeness (QED) is 0.355. The number of hydrogen-bond donors (Lipinski definition) is 1. The average Bonchev–Trinajstić information content (AvgIpc) is 2.79. The van der Waals surface area contributed by atoms with Crippen LogP contribution in [0.5, 0.6) is 0 Å². The van der Waals surface area contributed by atoms with Gasteiger partial charge in [-0.3, -0.25) is 4.79 Å². The zero-order chi connectivity index (χ0) is 22.8. The number of likely N-dealkylation sites (tertiary alicyclic amines) is 1. The van der Waals surface area contributed by atoms with Gasteiger partial charge in [0.25, 0.3) is 0 Å². The Labute approximate surface area is 191 Å². The van der Waals surface area contributed by atoms with Gasteiger partial charge in [-0.05, 0) is 68.0 Å². The molecule has 1 N–H and O–H groups in total. The number of piperidine rings is 1. The molecule has 3 aromatic rings. The van der Waals surface area contributed by atoms with Crippen LogP contribution in [0, 0.1) is 25.5 Å². The fourth-order valence-corrected chi connectivity index (χ4v) is 4.48. The second kappa shape index (κ2) is 9.25. The molecule has 32 heavy (non-hydrogen) atoms. The standard InChI is InChI=1S/C25H24ClF2N3O/c1-15-3-8-22(21(28)11-15)30-24-16(2)25(26)29-13-20(24)23-12-18(9-10-31(23)14-32)17-4-6-19(27)7-5-17/h3-8,11,13-14,18,23H,9-10,12H2,1-2H3,(H,29,30). The van der Waals surface area contributed by atoms with Gasteiger partial charge < -0.3 is 10.2 Å². The molecule has 2 atom stereocenters. The summed E-state index contributed by atoms with van der Waals surface area (Å²) in [5, 5.41) is 3.50. The molecule has 1 amide bonds. The molecule has 0 bridgehead atoms. The number of nitrogens with zero attached hydrogens (tertiary/aromatic N) is 2. The fourth-order valence-electron chi connectivity index (χ4n) is 4.33. The third-order valence-corrected chi connectivity index (χ3v) is 6.54. The van der Waals surface area contributed by atoms with Crippen LogP contribution in [0.1, 0.15) is 47.1 Å². The molecule has 1 aromatic heterocycles. The summed E-state index contributed by atoms with van der Waals surface area (Å²) in [6, 6.07) is 11.2. The summed E-state index contributed by atoms with van der Waals surface area (Å²) in [5.74, 6) is -0.500. The van der Waals surface area contributed by atoms with Crippen molar-refractivity contribution in [2.45, 2.75) is 38.6 Å². The third-order valence-electron chi connectivity index (χ3n) is 6.15. The van der Waals surface area contributed by atoms with E-state index in [0.29, 0.717) is 35.1 Å². The molecule has 7 heteroatoms. The van der Waals surface area contributed by atoms with Gasteiger partial charge >= 0.3 is 0 Å². The van der Waals surface area contributed by atoms with E-state index in [9.17, 15) is 13.6 Å². The van der Waals surface area contributed by atoms with Crippen molar-refractivity contribution >= 4 is 29.4 Å². The van der Waals surface area contributed by atoms with Crippen LogP contribution in [0.2, 0.25) is 5.15 Å². The van der Waals surface area contributed by atoms with E-state index in [0.717, 1.165) is 29.5 Å². The lowest BCUT2D eigenvalue weighted by molar-refractivity contribution is -0.121. The predicted octanol–water partition coefficient (Wildman–Crippen LogP) is 6.45. The first-order chi connectivity index (χ1) is 15.4. The number of nitrogens with one attached hydrogen (secondary N) is 1. The Kier molecular flexibility index (Phi) is 6.42. The molecule has 1 fully saturated rings. The maximum atomic E-state index is 14.6. The van der Waals surface area contributed by atoms with Crippen LogP contribution in [-0.2, 0) is 4.79 Å². The van der Waals surface area contributed by atoms with Crippen LogP contribution < -0.4 is 5.32 Å². The number of aromatic nitrogens is 1. The lowest BCUT2D eigenvalue weighted by atomic mass is 9.82. The van der Waals surface area contributed by atoms with Crippen LogP contribution in [0.4, 0.5) is 20.2 Å². The zero-order valence-electron chi connectivity index (χ0n) is 17.9. The van der Waals surface area contributed by atoms with Crippen molar-refractivity contribution in [1.29, 1.82) is 0 Å². The summed E-state index contributed by atoms with van der Waals surface area (Å²) in [5.41, 5.74) is 4.26. The highest BCUT2D eigenvalue weighted by Gasteiger charge is 2.32. The van der Waals surface area contributed by atoms with Crippen molar-refractivity contribution < 1.29 is 13.6 Å². The largest absolute Gasteiger partial charge is 0.352 e. The lowest BCUT2D eigenvalue weighted by Crippen LogP contribution is -2.35. The molecular formula is C25H24ClF2N3O. The Bertz CT molecular complexity index is 1140. The second-order valence-electron chi connectivity index (χ2n) is 8.24. The topological polar surface area (TPSA) is 45.2 Å². The predicted molar refractivity (Wildman–Crippen MR) is 122 cm³/mol. The molecule has 0 saturated carbocycles. The molecule has 2 unspecified atom stereocenters. The minimum Gasteiger partial charge on any atom is -0.352 e. The highest BCUT2D eigenvalue weighted by Crippen LogP contribution is 2.43. The molecule has 4 nitrogen and oxygen atoms in total. The molecule has 4 rings (SSSR count). The van der Waals surface area contributed by atoms with Crippen molar-refractivity contribution in [3.8, 4) is 0 Å². The van der Waals surface area contributed by atoms with Crippen LogP contribution in [0.15, 0.2) is 48.7 Å². The third kappa shape index (κ3) is 4.46. The molecule has 0 radical (unpaired) electrons. The van der Waals surface area contributed by atoms with E-state index in [1.807, 2.05) is 19.9 Å². The highest BCUT2D eigenvalue weighted by atomic mass is 35.5. The van der Waals surface area contributed by atoms with Gasteiger partial charge in [-0.15, -0.1) is 0 Å². The molecule has 2 aromatic carbocycles. The number of rotatable bonds is 5. The molecule has 1 aliphatic heterocycles. The van der Waals surface area contributed by atoms with Gasteiger partial charge in [0.1, 0.15) is 16.8 Å². The van der Waals surface area contributed by atoms with E-state index in [1.165, 1.54) is 18.2 Å². The van der Waals surface area contributed by atoms with Crippen LogP contribution >= 0.6 is 11.6 Å². The van der Waals surface area contributed by atoms with E-state index in [-0.39, 0.29) is 23.6 Å². The molecule has 0 aliphatic carbocycles. The summed E-state index contributed by atoms with van der Waals surface area (Å²) in [4.78, 5) is 17.9. The normalized spacial score (nSPS) is 18.5. The van der Waals surface area contributed by atoms with Crippen molar-refractivity contribution in [1.82, 2.24) is 9.88 Å². The Hall–Kier alpha value is -2.99. The SMILES string of the molecule is Cc1ccc(Nc2c(C3CC(c4ccc(F)cc4)CCN3C=O)cnc(Cl)c2C)c(F)c1. The summed E-state index contributed by atoms with van der Waals surface area (Å²) in [7, 11) is 0. The number of carbonyl (C=O) groups excluding carboxylic acids is 1. The molecule has 166 valence electrons. The number of anilines is 2. The Morgan fingerprint density at radius 3 is 2.59 bits per heavy atom. The molecule has 1 saturated heterocycles. The Balaban J connectivity index is 1.73. The van der Waals surface area contributed by atoms with E-state index < -0.39 is 0 Å². The maximum absolute atomic E-state index is 14.6. The summed E-state index contributed by atoms with van der Waals surface area (Å²) in [6.07, 6.45) is 3.90. The van der Waals surface area contributed by atoms with Gasteiger partial charge in [0.15, 0.2) is 0 Å². The zero-order valence-corrected chi connectivity index (χ0v) is 18.7. The monoisotopic (exact) mass is 455 g/mol. The number of pyridine rings is 1. The minimum absolute atomic E-state index is 0.150. The van der Waals surface area contributed by atoms with E-state index in [1.54, 1.807) is 29.3 Å². The van der Waals surface area contributed by atoms with Crippen molar-refractivity contribution in [3.63, 3.8) is 0 Å². The average molecular weight is 456 g/mol. The molecule has 0 spiro atoms. The number of benzene rings is 2. The fraction of sp³-hybridized carbons (Fsp3) is 0.280. The second-order valence-corrected chi connectivity index (χ2v) is 8.60. The summed E-state index contributed by atoms with van der Waals surface area (Å²) in [6.45, 7) is 4.20. The molecule has 2 heterocycles. The lowest BCUT2D eigenvalue weighted by Gasteiger charge is -2.38. The van der Waals surface area contributed by atoms with Crippen molar-refractivity contribution in [3.05, 3.63) is 87.7 Å². The minimum atomic E-state index is -0.372. The van der Waals surface area contributed by atoms with Crippen LogP contribution in [-0.4, -0.2) is 22.8 Å². The van der Waals surface area contributed by atoms with Gasteiger partial charge in [0, 0.05) is 23.9 Å². The number of aryl methyl sites for hydroxylation is 1. The van der Waals surface area contributed by atoms with Crippen LogP contribution in [0.25, 0.3) is 0 Å². The van der Waals surface area contributed by atoms with Gasteiger partial charge in [-0.2, -0.15) is 0 Å². The first-order valence-corrected chi connectivity index (χ1v) is 10.9. The number of halogens is 3. The van der Waals surface area contributed by atoms with E-state index in [4.69, 9.17) is 11.6 Å². The van der Waals surface area contributed by atoms with Gasteiger partial charge in [0.2, 0.25) is 6.41 Å². The first kappa shape index (κ1) is 22.2. The van der Waals surface area contributed by atoms with Gasteiger partial charge in [0.05, 0.1) is 17.4 Å². The highest BCUT2D eigenvalue weighted by molar-refractivity contribution is 6.30. The van der Waals surface area contributed by atoms with Crippen molar-refractivity contribution in [2.24, 2.45) is 0 Å². The van der Waals surface area contributed by atoms with Crippen LogP contribution in [0.3, 0.4) is 0 Å². The maximum Gasteiger partial charge on any atom is 0.210 e. The molecular weight excluding hydrogens is 432 g/mol. The smallest absolute Gasteiger partial charge is 0.210 e. The summed E-state index contributed by atoms with van der Waals surface area (Å²) < 4.78 is 28.0. The Morgan fingerprint density at radius 2 is 1.91 bits per heavy atom. The summed E-state index contributed by atoms with van der Waals surface area (Å²) >= 11 is 6.30. The van der Waals surface area contributed by atoms with E-state index >= 15 is 0 Å². The number of carbonyl (C=O) groups is 1. The van der Waals surface area contributed by atoms with Gasteiger partial charge in [-0.1, -0.05) is 29.8 Å². The number of amides is 1. The van der Waals surface area contributed by atoms with Crippen molar-refractivity contribution in [2.75, 3.05) is 11.9 Å². The Morgan fingerprint density at radius 1 is 1.16 bits per heavy atom. The molecule has 1 aliphatic rings. The van der Waals surface area contributed by atoms with Gasteiger partial charge in [-0.25, -0.2) is 13.8 Å².